The Morgan fingerprint density at radius 2 is 1.86 bits per heavy atom. The molecule has 0 bridgehead atoms. The molecule has 2 N–H and O–H groups in total. The van der Waals surface area contributed by atoms with Gasteiger partial charge in [0, 0.05) is 22.7 Å². The van der Waals surface area contributed by atoms with Gasteiger partial charge in [-0.1, -0.05) is 35.9 Å². The van der Waals surface area contributed by atoms with Crippen LogP contribution in [0, 0.1) is 5.92 Å². The molecule has 1 atom stereocenters. The molecule has 1 fully saturated rings. The molecule has 2 aromatic rings. The summed E-state index contributed by atoms with van der Waals surface area (Å²) in [6.07, 6.45) is -0.107. The summed E-state index contributed by atoms with van der Waals surface area (Å²) in [5.41, 5.74) is 3.35. The summed E-state index contributed by atoms with van der Waals surface area (Å²) in [5, 5.41) is 4.11. The van der Waals surface area contributed by atoms with E-state index in [0.717, 1.165) is 5.01 Å². The minimum Gasteiger partial charge on any atom is -0.455 e. The van der Waals surface area contributed by atoms with E-state index in [0.29, 0.717) is 16.3 Å². The first kappa shape index (κ1) is 20.3. The normalized spacial score (nSPS) is 15.7. The number of hydrogen-bond acceptors (Lipinski definition) is 5. The first-order valence-corrected chi connectivity index (χ1v) is 9.18. The number of hydrogen-bond donors (Lipinski definition) is 2. The molecule has 9 heteroatoms. The van der Waals surface area contributed by atoms with E-state index in [1.54, 1.807) is 54.6 Å². The molecule has 8 nitrogen and oxygen atoms in total. The number of esters is 1. The molecule has 3 amide bonds. The van der Waals surface area contributed by atoms with Crippen LogP contribution in [-0.4, -0.2) is 41.9 Å². The lowest BCUT2D eigenvalue weighted by molar-refractivity contribution is -0.151. The lowest BCUT2D eigenvalue weighted by Gasteiger charge is -2.17. The lowest BCUT2D eigenvalue weighted by atomic mass is 10.1. The van der Waals surface area contributed by atoms with Crippen LogP contribution in [0.2, 0.25) is 5.02 Å². The van der Waals surface area contributed by atoms with Gasteiger partial charge in [0.1, 0.15) is 0 Å². The maximum absolute atomic E-state index is 12.2. The highest BCUT2D eigenvalue weighted by Crippen LogP contribution is 2.18. The Kier molecular flexibility index (Phi) is 6.46. The van der Waals surface area contributed by atoms with Gasteiger partial charge in [0.25, 0.3) is 11.8 Å². The van der Waals surface area contributed by atoms with Gasteiger partial charge in [-0.3, -0.25) is 29.6 Å². The van der Waals surface area contributed by atoms with Gasteiger partial charge in [0.15, 0.2) is 6.61 Å². The van der Waals surface area contributed by atoms with Crippen LogP contribution in [0.4, 0.5) is 5.69 Å². The molecule has 1 aliphatic rings. The summed E-state index contributed by atoms with van der Waals surface area (Å²) in [4.78, 5) is 48.3. The molecule has 1 heterocycles. The van der Waals surface area contributed by atoms with E-state index < -0.39 is 36.2 Å². The number of halogens is 1. The molecule has 1 aliphatic heterocycles. The SMILES string of the molecule is O=C(COC(=O)[C@H]1CC(=O)N(NC(=O)c2ccccc2)C1)Nc1cccc(Cl)c1. The molecule has 0 unspecified atom stereocenters. The van der Waals surface area contributed by atoms with E-state index in [2.05, 4.69) is 10.7 Å². The van der Waals surface area contributed by atoms with Gasteiger partial charge >= 0.3 is 5.97 Å². The first-order chi connectivity index (χ1) is 13.9. The molecule has 29 heavy (non-hydrogen) atoms. The van der Waals surface area contributed by atoms with Crippen LogP contribution < -0.4 is 10.7 Å². The Hall–Kier alpha value is -3.39. The highest BCUT2D eigenvalue weighted by molar-refractivity contribution is 6.30. The summed E-state index contributed by atoms with van der Waals surface area (Å²) in [7, 11) is 0. The minimum absolute atomic E-state index is 0.0217. The summed E-state index contributed by atoms with van der Waals surface area (Å²) >= 11 is 5.84. The number of ether oxygens (including phenoxy) is 1. The number of nitrogens with one attached hydrogen (secondary N) is 2. The second-order valence-corrected chi connectivity index (χ2v) is 6.82. The Labute approximate surface area is 171 Å². The second-order valence-electron chi connectivity index (χ2n) is 6.38. The number of rotatable bonds is 6. The molecule has 0 saturated carbocycles. The molecular formula is C20H18ClN3O5. The predicted octanol–water partition coefficient (Wildman–Crippen LogP) is 2.02. The minimum atomic E-state index is -0.766. The summed E-state index contributed by atoms with van der Waals surface area (Å²) in [6.45, 7) is -0.515. The number of benzene rings is 2. The van der Waals surface area contributed by atoms with E-state index in [1.807, 2.05) is 0 Å². The average Bonchev–Trinajstić information content (AvgIpc) is 3.07. The van der Waals surface area contributed by atoms with Crippen molar-refractivity contribution in [3.05, 3.63) is 65.2 Å². The van der Waals surface area contributed by atoms with Gasteiger partial charge in [0.05, 0.1) is 12.5 Å². The average molecular weight is 416 g/mol. The van der Waals surface area contributed by atoms with E-state index in [-0.39, 0.29) is 13.0 Å². The number of carbonyl (C=O) groups excluding carboxylic acids is 4. The fraction of sp³-hybridized carbons (Fsp3) is 0.200. The van der Waals surface area contributed by atoms with Crippen LogP contribution in [-0.2, 0) is 19.1 Å². The van der Waals surface area contributed by atoms with Crippen molar-refractivity contribution in [2.75, 3.05) is 18.5 Å². The number of nitrogens with zero attached hydrogens (tertiary/aromatic N) is 1. The standard InChI is InChI=1S/C20H18ClN3O5/c21-15-7-4-8-16(10-15)22-17(25)12-29-20(28)14-9-18(26)24(11-14)23-19(27)13-5-2-1-3-6-13/h1-8,10,14H,9,11-12H2,(H,22,25)(H,23,27)/t14-/m0/s1. The molecule has 3 rings (SSSR count). The molecule has 2 aromatic carbocycles. The quantitative estimate of drug-likeness (QED) is 0.702. The van der Waals surface area contributed by atoms with E-state index in [9.17, 15) is 19.2 Å². The van der Waals surface area contributed by atoms with Crippen molar-refractivity contribution in [2.45, 2.75) is 6.42 Å². The van der Waals surface area contributed by atoms with Gasteiger partial charge in [-0.05, 0) is 30.3 Å². The highest BCUT2D eigenvalue weighted by Gasteiger charge is 2.36. The van der Waals surface area contributed by atoms with Crippen LogP contribution >= 0.6 is 11.6 Å². The molecule has 0 aliphatic carbocycles. The van der Waals surface area contributed by atoms with Crippen LogP contribution in [0.5, 0.6) is 0 Å². The summed E-state index contributed by atoms with van der Waals surface area (Å²) in [6, 6.07) is 14.9. The Morgan fingerprint density at radius 1 is 1.10 bits per heavy atom. The van der Waals surface area contributed by atoms with Crippen LogP contribution in [0.15, 0.2) is 54.6 Å². The largest absolute Gasteiger partial charge is 0.455 e. The number of carbonyl (C=O) groups is 4. The van der Waals surface area contributed by atoms with Crippen LogP contribution in [0.25, 0.3) is 0 Å². The Balaban J connectivity index is 1.47. The van der Waals surface area contributed by atoms with Crippen molar-refractivity contribution >= 4 is 41.0 Å². The third-order valence-corrected chi connectivity index (χ3v) is 4.42. The molecule has 0 aromatic heterocycles. The van der Waals surface area contributed by atoms with Crippen molar-refractivity contribution in [3.63, 3.8) is 0 Å². The van der Waals surface area contributed by atoms with Crippen molar-refractivity contribution in [3.8, 4) is 0 Å². The zero-order valence-electron chi connectivity index (χ0n) is 15.3. The molecule has 0 spiro atoms. The molecule has 1 saturated heterocycles. The third-order valence-electron chi connectivity index (χ3n) is 4.18. The van der Waals surface area contributed by atoms with E-state index >= 15 is 0 Å². The first-order valence-electron chi connectivity index (χ1n) is 8.81. The predicted molar refractivity (Wildman–Crippen MR) is 105 cm³/mol. The fourth-order valence-corrected chi connectivity index (χ4v) is 2.96. The van der Waals surface area contributed by atoms with E-state index in [4.69, 9.17) is 16.3 Å². The monoisotopic (exact) mass is 415 g/mol. The van der Waals surface area contributed by atoms with Crippen LogP contribution in [0.3, 0.4) is 0 Å². The molecular weight excluding hydrogens is 398 g/mol. The maximum Gasteiger partial charge on any atom is 0.311 e. The third kappa shape index (κ3) is 5.55. The van der Waals surface area contributed by atoms with Gasteiger partial charge < -0.3 is 10.1 Å². The lowest BCUT2D eigenvalue weighted by Crippen LogP contribution is -2.43. The zero-order valence-corrected chi connectivity index (χ0v) is 16.0. The fourth-order valence-electron chi connectivity index (χ4n) is 2.77. The van der Waals surface area contributed by atoms with Gasteiger partial charge in [-0.2, -0.15) is 0 Å². The van der Waals surface area contributed by atoms with Gasteiger partial charge in [0.2, 0.25) is 5.91 Å². The Bertz CT molecular complexity index is 935. The van der Waals surface area contributed by atoms with Crippen molar-refractivity contribution in [1.82, 2.24) is 10.4 Å². The van der Waals surface area contributed by atoms with Gasteiger partial charge in [-0.15, -0.1) is 0 Å². The Morgan fingerprint density at radius 3 is 2.59 bits per heavy atom. The van der Waals surface area contributed by atoms with Crippen molar-refractivity contribution in [2.24, 2.45) is 5.92 Å². The van der Waals surface area contributed by atoms with Crippen LogP contribution in [0.1, 0.15) is 16.8 Å². The molecule has 0 radical (unpaired) electrons. The second kappa shape index (κ2) is 9.20. The molecule has 150 valence electrons. The smallest absolute Gasteiger partial charge is 0.311 e. The zero-order chi connectivity index (χ0) is 20.8. The van der Waals surface area contributed by atoms with Crippen molar-refractivity contribution in [1.29, 1.82) is 0 Å². The number of hydrazine groups is 1. The number of amides is 3. The van der Waals surface area contributed by atoms with E-state index in [1.165, 1.54) is 0 Å². The maximum atomic E-state index is 12.2. The number of anilines is 1. The topological polar surface area (TPSA) is 105 Å². The highest BCUT2D eigenvalue weighted by atomic mass is 35.5. The van der Waals surface area contributed by atoms with Gasteiger partial charge in [-0.25, -0.2) is 0 Å². The summed E-state index contributed by atoms with van der Waals surface area (Å²) < 4.78 is 5.00. The van der Waals surface area contributed by atoms with Crippen molar-refractivity contribution < 1.29 is 23.9 Å². The summed E-state index contributed by atoms with van der Waals surface area (Å²) in [5.74, 6) is -2.83.